The first-order valence-corrected chi connectivity index (χ1v) is 12.7. The number of likely N-dealkylation sites (tertiary alicyclic amines) is 2. The number of carbonyl (C=O) groups excluding carboxylic acids is 2. The van der Waals surface area contributed by atoms with Gasteiger partial charge in [0.15, 0.2) is 0 Å². The van der Waals surface area contributed by atoms with Gasteiger partial charge in [-0.2, -0.15) is 0 Å². The highest BCUT2D eigenvalue weighted by Gasteiger charge is 2.36. The van der Waals surface area contributed by atoms with Gasteiger partial charge in [0.1, 0.15) is 18.1 Å². The molecule has 0 radical (unpaired) electrons. The summed E-state index contributed by atoms with van der Waals surface area (Å²) >= 11 is 0. The molecule has 2 amide bonds. The summed E-state index contributed by atoms with van der Waals surface area (Å²) in [4.78, 5) is 40.8. The summed E-state index contributed by atoms with van der Waals surface area (Å²) in [5, 5.41) is 0. The van der Waals surface area contributed by atoms with E-state index in [-0.39, 0.29) is 17.9 Å². The Morgan fingerprint density at radius 2 is 1.71 bits per heavy atom. The number of ether oxygens (including phenoxy) is 1. The molecule has 2 saturated heterocycles. The monoisotopic (exact) mass is 479 g/mol. The predicted molar refractivity (Wildman–Crippen MR) is 135 cm³/mol. The van der Waals surface area contributed by atoms with Gasteiger partial charge in [-0.05, 0) is 83.3 Å². The van der Waals surface area contributed by atoms with E-state index in [1.807, 2.05) is 50.2 Å². The average Bonchev–Trinajstić information content (AvgIpc) is 2.89. The molecule has 0 N–H and O–H groups in total. The van der Waals surface area contributed by atoms with E-state index in [2.05, 4.69) is 19.8 Å². The first-order chi connectivity index (χ1) is 16.9. The first-order valence-electron chi connectivity index (χ1n) is 12.7. The lowest BCUT2D eigenvalue weighted by Gasteiger charge is -2.43. The maximum atomic E-state index is 13.5. The van der Waals surface area contributed by atoms with Crippen LogP contribution in [0.5, 0.6) is 5.75 Å². The zero-order valence-corrected chi connectivity index (χ0v) is 21.2. The minimum absolute atomic E-state index is 0.0552. The minimum Gasteiger partial charge on any atom is -0.492 e. The van der Waals surface area contributed by atoms with Gasteiger partial charge >= 0.3 is 0 Å². The SMILES string of the molecule is Cc1cnc(C(=O)N2CCC([C@@H]3CCCCN3C(=O)c3ccc(OCCN(C)C)cc3)CC2)cn1. The number of hydrogen-bond acceptors (Lipinski definition) is 6. The molecule has 0 spiro atoms. The van der Waals surface area contributed by atoms with Crippen molar-refractivity contribution in [2.75, 3.05) is 46.9 Å². The van der Waals surface area contributed by atoms with Crippen molar-refractivity contribution in [3.05, 3.63) is 53.6 Å². The van der Waals surface area contributed by atoms with Gasteiger partial charge < -0.3 is 19.4 Å². The van der Waals surface area contributed by atoms with E-state index in [4.69, 9.17) is 4.74 Å². The fourth-order valence-corrected chi connectivity index (χ4v) is 5.06. The fourth-order valence-electron chi connectivity index (χ4n) is 5.06. The molecule has 2 fully saturated rings. The number of aryl methyl sites for hydroxylation is 1. The second kappa shape index (κ2) is 11.6. The quantitative estimate of drug-likeness (QED) is 0.607. The van der Waals surface area contributed by atoms with Gasteiger partial charge in [0.25, 0.3) is 11.8 Å². The first kappa shape index (κ1) is 25.1. The molecule has 0 aliphatic carbocycles. The number of aromatic nitrogens is 2. The summed E-state index contributed by atoms with van der Waals surface area (Å²) in [7, 11) is 4.03. The molecule has 1 aromatic carbocycles. The van der Waals surface area contributed by atoms with Crippen molar-refractivity contribution in [1.82, 2.24) is 24.7 Å². The Morgan fingerprint density at radius 1 is 0.971 bits per heavy atom. The molecule has 1 atom stereocenters. The van der Waals surface area contributed by atoms with E-state index in [9.17, 15) is 9.59 Å². The van der Waals surface area contributed by atoms with Crippen molar-refractivity contribution >= 4 is 11.8 Å². The summed E-state index contributed by atoms with van der Waals surface area (Å²) in [5.41, 5.74) is 1.91. The average molecular weight is 480 g/mol. The molecule has 0 saturated carbocycles. The third-order valence-electron chi connectivity index (χ3n) is 7.09. The van der Waals surface area contributed by atoms with E-state index < -0.39 is 0 Å². The molecule has 0 bridgehead atoms. The van der Waals surface area contributed by atoms with E-state index in [1.54, 1.807) is 12.4 Å². The highest BCUT2D eigenvalue weighted by Crippen LogP contribution is 2.32. The van der Waals surface area contributed by atoms with Gasteiger partial charge in [0, 0.05) is 44.0 Å². The fraction of sp³-hybridized carbons (Fsp3) is 0.556. The maximum Gasteiger partial charge on any atom is 0.274 e. The molecule has 3 heterocycles. The molecule has 2 aliphatic rings. The Balaban J connectivity index is 1.35. The molecule has 188 valence electrons. The maximum absolute atomic E-state index is 13.5. The number of nitrogens with zero attached hydrogens (tertiary/aromatic N) is 5. The Bertz CT molecular complexity index is 985. The van der Waals surface area contributed by atoms with Crippen molar-refractivity contribution in [3.8, 4) is 5.75 Å². The molecule has 8 nitrogen and oxygen atoms in total. The van der Waals surface area contributed by atoms with Crippen LogP contribution in [0.3, 0.4) is 0 Å². The van der Waals surface area contributed by atoms with Gasteiger partial charge in [-0.15, -0.1) is 0 Å². The van der Waals surface area contributed by atoms with Gasteiger partial charge in [-0.25, -0.2) is 4.98 Å². The van der Waals surface area contributed by atoms with Crippen molar-refractivity contribution in [3.63, 3.8) is 0 Å². The number of hydrogen-bond donors (Lipinski definition) is 0. The van der Waals surface area contributed by atoms with Crippen LogP contribution in [0.15, 0.2) is 36.7 Å². The van der Waals surface area contributed by atoms with Gasteiger partial charge in [-0.1, -0.05) is 0 Å². The van der Waals surface area contributed by atoms with Crippen LogP contribution in [0, 0.1) is 12.8 Å². The van der Waals surface area contributed by atoms with Crippen molar-refractivity contribution in [2.24, 2.45) is 5.92 Å². The van der Waals surface area contributed by atoms with E-state index in [0.29, 0.717) is 36.9 Å². The molecule has 8 heteroatoms. The summed E-state index contributed by atoms with van der Waals surface area (Å²) in [6, 6.07) is 7.76. The Kier molecular flexibility index (Phi) is 8.33. The number of amides is 2. The molecule has 4 rings (SSSR count). The predicted octanol–water partition coefficient (Wildman–Crippen LogP) is 3.27. The van der Waals surface area contributed by atoms with Crippen LogP contribution in [0.1, 0.15) is 58.6 Å². The Morgan fingerprint density at radius 3 is 2.37 bits per heavy atom. The van der Waals surface area contributed by atoms with Crippen LogP contribution in [-0.4, -0.2) is 89.4 Å². The minimum atomic E-state index is -0.0552. The number of piperidine rings is 2. The lowest BCUT2D eigenvalue weighted by atomic mass is 9.83. The molecule has 2 aromatic rings. The summed E-state index contributed by atoms with van der Waals surface area (Å²) in [6.07, 6.45) is 8.20. The molecule has 0 unspecified atom stereocenters. The van der Waals surface area contributed by atoms with Crippen LogP contribution < -0.4 is 4.74 Å². The molecule has 35 heavy (non-hydrogen) atoms. The van der Waals surface area contributed by atoms with Crippen LogP contribution >= 0.6 is 0 Å². The molecular formula is C27H37N5O3. The Labute approximate surface area is 208 Å². The summed E-state index contributed by atoms with van der Waals surface area (Å²) in [6.45, 7) is 5.50. The third kappa shape index (κ3) is 6.36. The number of rotatable bonds is 7. The van der Waals surface area contributed by atoms with Gasteiger partial charge in [0.2, 0.25) is 0 Å². The van der Waals surface area contributed by atoms with E-state index in [0.717, 1.165) is 56.6 Å². The second-order valence-electron chi connectivity index (χ2n) is 9.91. The number of benzene rings is 1. The summed E-state index contributed by atoms with van der Waals surface area (Å²) < 4.78 is 5.77. The van der Waals surface area contributed by atoms with Crippen LogP contribution in [0.25, 0.3) is 0 Å². The van der Waals surface area contributed by atoms with E-state index >= 15 is 0 Å². The largest absolute Gasteiger partial charge is 0.492 e. The summed E-state index contributed by atoms with van der Waals surface area (Å²) in [5.74, 6) is 1.23. The Hall–Kier alpha value is -3.00. The van der Waals surface area contributed by atoms with Gasteiger partial charge in [0.05, 0.1) is 11.9 Å². The number of likely N-dealkylation sites (N-methyl/N-ethyl adjacent to an activating group) is 1. The van der Waals surface area contributed by atoms with Crippen molar-refractivity contribution in [2.45, 2.75) is 45.1 Å². The zero-order chi connectivity index (χ0) is 24.8. The third-order valence-corrected chi connectivity index (χ3v) is 7.09. The topological polar surface area (TPSA) is 78.9 Å². The highest BCUT2D eigenvalue weighted by molar-refractivity contribution is 5.94. The normalized spacial score (nSPS) is 19.1. The standard InChI is InChI=1S/C27H37N5O3/c1-20-18-29-24(19-28-20)27(34)31-14-11-21(12-15-31)25-6-4-5-13-32(25)26(33)22-7-9-23(10-8-22)35-17-16-30(2)3/h7-10,18-19,21,25H,4-6,11-17H2,1-3H3/t25-/m0/s1. The lowest BCUT2D eigenvalue weighted by Crippen LogP contribution is -2.51. The zero-order valence-electron chi connectivity index (χ0n) is 21.2. The van der Waals surface area contributed by atoms with Crippen LogP contribution in [0.4, 0.5) is 0 Å². The molecule has 1 aromatic heterocycles. The van der Waals surface area contributed by atoms with Gasteiger partial charge in [-0.3, -0.25) is 14.6 Å². The van der Waals surface area contributed by atoms with Crippen molar-refractivity contribution < 1.29 is 14.3 Å². The number of carbonyl (C=O) groups is 2. The molecule has 2 aliphatic heterocycles. The lowest BCUT2D eigenvalue weighted by molar-refractivity contribution is 0.0373. The second-order valence-corrected chi connectivity index (χ2v) is 9.91. The van der Waals surface area contributed by atoms with Crippen LogP contribution in [-0.2, 0) is 0 Å². The van der Waals surface area contributed by atoms with Crippen LogP contribution in [0.2, 0.25) is 0 Å². The smallest absolute Gasteiger partial charge is 0.274 e. The van der Waals surface area contributed by atoms with Crippen molar-refractivity contribution in [1.29, 1.82) is 0 Å². The molecular weight excluding hydrogens is 442 g/mol. The highest BCUT2D eigenvalue weighted by atomic mass is 16.5. The van der Waals surface area contributed by atoms with E-state index in [1.165, 1.54) is 0 Å².